The van der Waals surface area contributed by atoms with E-state index < -0.39 is 0 Å². The Labute approximate surface area is 94.8 Å². The Morgan fingerprint density at radius 1 is 1.47 bits per heavy atom. The van der Waals surface area contributed by atoms with Gasteiger partial charge in [-0.2, -0.15) is 0 Å². The Morgan fingerprint density at radius 2 is 2.20 bits per heavy atom. The molecule has 1 saturated heterocycles. The normalized spacial score (nSPS) is 27.6. The second-order valence-electron chi connectivity index (χ2n) is 5.60. The van der Waals surface area contributed by atoms with Gasteiger partial charge in [0.25, 0.3) is 0 Å². The van der Waals surface area contributed by atoms with E-state index in [9.17, 15) is 0 Å². The van der Waals surface area contributed by atoms with Gasteiger partial charge in [0.1, 0.15) is 0 Å². The highest BCUT2D eigenvalue weighted by Crippen LogP contribution is 2.24. The lowest BCUT2D eigenvalue weighted by atomic mass is 9.93. The van der Waals surface area contributed by atoms with Gasteiger partial charge in [0.15, 0.2) is 0 Å². The highest BCUT2D eigenvalue weighted by molar-refractivity contribution is 4.83. The van der Waals surface area contributed by atoms with Gasteiger partial charge >= 0.3 is 0 Å². The third-order valence-electron chi connectivity index (χ3n) is 3.23. The van der Waals surface area contributed by atoms with Crippen LogP contribution in [0.5, 0.6) is 0 Å². The summed E-state index contributed by atoms with van der Waals surface area (Å²) in [6, 6.07) is 0.660. The van der Waals surface area contributed by atoms with E-state index in [0.717, 1.165) is 25.5 Å². The summed E-state index contributed by atoms with van der Waals surface area (Å²) in [7, 11) is 0. The van der Waals surface area contributed by atoms with Crippen LogP contribution in [0.2, 0.25) is 0 Å². The molecule has 1 fully saturated rings. The SMILES string of the molecule is CCCC(C)CNC1CCOC(C)(C)C1. The van der Waals surface area contributed by atoms with Crippen molar-refractivity contribution in [3.8, 4) is 0 Å². The van der Waals surface area contributed by atoms with Gasteiger partial charge in [-0.05, 0) is 45.6 Å². The maximum atomic E-state index is 5.71. The molecule has 90 valence electrons. The van der Waals surface area contributed by atoms with Crippen molar-refractivity contribution in [3.63, 3.8) is 0 Å². The minimum atomic E-state index is 0.0733. The first kappa shape index (κ1) is 13.0. The summed E-state index contributed by atoms with van der Waals surface area (Å²) in [5, 5.41) is 3.68. The van der Waals surface area contributed by atoms with Crippen LogP contribution in [0, 0.1) is 5.92 Å². The quantitative estimate of drug-likeness (QED) is 0.758. The Morgan fingerprint density at radius 3 is 2.80 bits per heavy atom. The van der Waals surface area contributed by atoms with Crippen LogP contribution >= 0.6 is 0 Å². The molecule has 2 unspecified atom stereocenters. The molecule has 2 nitrogen and oxygen atoms in total. The summed E-state index contributed by atoms with van der Waals surface area (Å²) in [5.74, 6) is 0.806. The molecule has 2 atom stereocenters. The molecule has 0 bridgehead atoms. The van der Waals surface area contributed by atoms with E-state index in [1.165, 1.54) is 19.3 Å². The summed E-state index contributed by atoms with van der Waals surface area (Å²) in [6.07, 6.45) is 4.94. The Balaban J connectivity index is 2.21. The molecule has 0 radical (unpaired) electrons. The molecule has 0 saturated carbocycles. The van der Waals surface area contributed by atoms with Crippen molar-refractivity contribution >= 4 is 0 Å². The zero-order valence-electron chi connectivity index (χ0n) is 10.8. The molecule has 1 aliphatic heterocycles. The van der Waals surface area contributed by atoms with Gasteiger partial charge in [-0.1, -0.05) is 20.3 Å². The number of hydrogen-bond donors (Lipinski definition) is 1. The topological polar surface area (TPSA) is 21.3 Å². The first-order valence-corrected chi connectivity index (χ1v) is 6.41. The van der Waals surface area contributed by atoms with Gasteiger partial charge in [0.2, 0.25) is 0 Å². The fraction of sp³-hybridized carbons (Fsp3) is 1.00. The molecule has 1 aliphatic rings. The van der Waals surface area contributed by atoms with Gasteiger partial charge in [-0.25, -0.2) is 0 Å². The molecule has 0 aromatic heterocycles. The van der Waals surface area contributed by atoms with E-state index >= 15 is 0 Å². The fourth-order valence-corrected chi connectivity index (χ4v) is 2.37. The lowest BCUT2D eigenvalue weighted by Gasteiger charge is -2.36. The highest BCUT2D eigenvalue weighted by atomic mass is 16.5. The minimum absolute atomic E-state index is 0.0733. The van der Waals surface area contributed by atoms with Crippen molar-refractivity contribution in [2.24, 2.45) is 5.92 Å². The van der Waals surface area contributed by atoms with Crippen molar-refractivity contribution in [2.75, 3.05) is 13.2 Å². The zero-order chi connectivity index (χ0) is 11.3. The molecule has 0 spiro atoms. The monoisotopic (exact) mass is 213 g/mol. The average Bonchev–Trinajstić information content (AvgIpc) is 2.14. The first-order chi connectivity index (χ1) is 7.03. The van der Waals surface area contributed by atoms with Crippen LogP contribution in [0.3, 0.4) is 0 Å². The van der Waals surface area contributed by atoms with Crippen molar-refractivity contribution < 1.29 is 4.74 Å². The summed E-state index contributed by atoms with van der Waals surface area (Å²) < 4.78 is 5.71. The molecule has 1 N–H and O–H groups in total. The largest absolute Gasteiger partial charge is 0.375 e. The van der Waals surface area contributed by atoms with Crippen molar-refractivity contribution in [1.82, 2.24) is 5.32 Å². The van der Waals surface area contributed by atoms with Gasteiger partial charge in [-0.15, -0.1) is 0 Å². The molecule has 0 aromatic rings. The van der Waals surface area contributed by atoms with Crippen LogP contribution in [-0.2, 0) is 4.74 Å². The maximum absolute atomic E-state index is 5.71. The molecule has 0 amide bonds. The lowest BCUT2D eigenvalue weighted by molar-refractivity contribution is -0.0631. The van der Waals surface area contributed by atoms with E-state index in [1.54, 1.807) is 0 Å². The van der Waals surface area contributed by atoms with Crippen molar-refractivity contribution in [3.05, 3.63) is 0 Å². The van der Waals surface area contributed by atoms with Gasteiger partial charge in [0, 0.05) is 12.6 Å². The summed E-state index contributed by atoms with van der Waals surface area (Å²) >= 11 is 0. The van der Waals surface area contributed by atoms with E-state index in [-0.39, 0.29) is 5.60 Å². The molecular formula is C13H27NO. The standard InChI is InChI=1S/C13H27NO/c1-5-6-11(2)10-14-12-7-8-15-13(3,4)9-12/h11-12,14H,5-10H2,1-4H3. The third kappa shape index (κ3) is 4.98. The Hall–Kier alpha value is -0.0800. The van der Waals surface area contributed by atoms with Crippen LogP contribution in [0.25, 0.3) is 0 Å². The van der Waals surface area contributed by atoms with E-state index in [0.29, 0.717) is 6.04 Å². The van der Waals surface area contributed by atoms with Crippen molar-refractivity contribution in [2.45, 2.75) is 65.0 Å². The maximum Gasteiger partial charge on any atom is 0.0641 e. The predicted octanol–water partition coefficient (Wildman–Crippen LogP) is 2.97. The fourth-order valence-electron chi connectivity index (χ4n) is 2.37. The Bertz CT molecular complexity index is 179. The average molecular weight is 213 g/mol. The number of ether oxygens (including phenoxy) is 1. The summed E-state index contributed by atoms with van der Waals surface area (Å²) in [6.45, 7) is 11.0. The van der Waals surface area contributed by atoms with Crippen LogP contribution in [-0.4, -0.2) is 24.8 Å². The Kier molecular flexibility index (Phi) is 5.07. The molecular weight excluding hydrogens is 186 g/mol. The van der Waals surface area contributed by atoms with Gasteiger partial charge < -0.3 is 10.1 Å². The van der Waals surface area contributed by atoms with Crippen molar-refractivity contribution in [1.29, 1.82) is 0 Å². The number of nitrogens with one attached hydrogen (secondary N) is 1. The molecule has 1 rings (SSSR count). The molecule has 2 heteroatoms. The molecule has 15 heavy (non-hydrogen) atoms. The van der Waals surface area contributed by atoms with Gasteiger partial charge in [0.05, 0.1) is 5.60 Å². The van der Waals surface area contributed by atoms with Crippen LogP contribution in [0.15, 0.2) is 0 Å². The summed E-state index contributed by atoms with van der Waals surface area (Å²) in [5.41, 5.74) is 0.0733. The lowest BCUT2D eigenvalue weighted by Crippen LogP contribution is -2.44. The third-order valence-corrected chi connectivity index (χ3v) is 3.23. The molecule has 0 aliphatic carbocycles. The highest BCUT2D eigenvalue weighted by Gasteiger charge is 2.28. The van der Waals surface area contributed by atoms with Crippen LogP contribution in [0.1, 0.15) is 53.4 Å². The minimum Gasteiger partial charge on any atom is -0.375 e. The smallest absolute Gasteiger partial charge is 0.0641 e. The summed E-state index contributed by atoms with van der Waals surface area (Å²) in [4.78, 5) is 0. The molecule has 1 heterocycles. The van der Waals surface area contributed by atoms with Gasteiger partial charge in [-0.3, -0.25) is 0 Å². The second-order valence-corrected chi connectivity index (χ2v) is 5.60. The van der Waals surface area contributed by atoms with Crippen LogP contribution < -0.4 is 5.32 Å². The second kappa shape index (κ2) is 5.86. The molecule has 0 aromatic carbocycles. The van der Waals surface area contributed by atoms with E-state index in [4.69, 9.17) is 4.74 Å². The first-order valence-electron chi connectivity index (χ1n) is 6.41. The van der Waals surface area contributed by atoms with E-state index in [2.05, 4.69) is 33.0 Å². The predicted molar refractivity (Wildman–Crippen MR) is 65.1 cm³/mol. The number of hydrogen-bond acceptors (Lipinski definition) is 2. The zero-order valence-corrected chi connectivity index (χ0v) is 10.8. The van der Waals surface area contributed by atoms with E-state index in [1.807, 2.05) is 0 Å². The van der Waals surface area contributed by atoms with Crippen LogP contribution in [0.4, 0.5) is 0 Å². The number of rotatable bonds is 5.